The zero-order valence-corrected chi connectivity index (χ0v) is 14.9. The molecule has 138 valence electrons. The van der Waals surface area contributed by atoms with E-state index in [1.54, 1.807) is 0 Å². The van der Waals surface area contributed by atoms with E-state index in [4.69, 9.17) is 0 Å². The summed E-state index contributed by atoms with van der Waals surface area (Å²) in [6, 6.07) is -2.65. The molecule has 6 atom stereocenters. The van der Waals surface area contributed by atoms with Gasteiger partial charge >= 0.3 is 17.1 Å². The third kappa shape index (κ3) is 3.52. The van der Waals surface area contributed by atoms with Crippen molar-refractivity contribution in [3.63, 3.8) is 0 Å². The zero-order chi connectivity index (χ0) is 18.9. The van der Waals surface area contributed by atoms with Crippen LogP contribution < -0.4 is 17.1 Å². The van der Waals surface area contributed by atoms with Crippen molar-refractivity contribution in [2.24, 2.45) is 0 Å². The van der Waals surface area contributed by atoms with Gasteiger partial charge in [0.05, 0.1) is 36.4 Å². The van der Waals surface area contributed by atoms with E-state index in [2.05, 4.69) is 0 Å². The highest BCUT2D eigenvalue weighted by Crippen LogP contribution is 2.10. The highest BCUT2D eigenvalue weighted by molar-refractivity contribution is 4.89. The Kier molecular flexibility index (Phi) is 6.32. The van der Waals surface area contributed by atoms with Gasteiger partial charge in [-0.1, -0.05) is 0 Å². The van der Waals surface area contributed by atoms with Gasteiger partial charge in [0.1, 0.15) is 0 Å². The van der Waals surface area contributed by atoms with Crippen LogP contribution in [0.2, 0.25) is 0 Å². The summed E-state index contributed by atoms with van der Waals surface area (Å²) >= 11 is 0. The van der Waals surface area contributed by atoms with Crippen molar-refractivity contribution in [2.45, 2.75) is 78.0 Å². The van der Waals surface area contributed by atoms with Crippen molar-refractivity contribution in [2.75, 3.05) is 0 Å². The Morgan fingerprint density at radius 3 is 0.833 bits per heavy atom. The van der Waals surface area contributed by atoms with Crippen LogP contribution in [0.15, 0.2) is 14.4 Å². The van der Waals surface area contributed by atoms with Crippen LogP contribution in [-0.4, -0.2) is 47.3 Å². The Morgan fingerprint density at radius 2 is 0.708 bits per heavy atom. The van der Waals surface area contributed by atoms with Crippen LogP contribution in [0.3, 0.4) is 0 Å². The monoisotopic (exact) mass is 345 g/mol. The van der Waals surface area contributed by atoms with Crippen molar-refractivity contribution < 1.29 is 15.3 Å². The molecule has 3 N–H and O–H groups in total. The van der Waals surface area contributed by atoms with E-state index in [1.165, 1.54) is 41.5 Å². The van der Waals surface area contributed by atoms with Gasteiger partial charge in [-0.05, 0) is 41.5 Å². The van der Waals surface area contributed by atoms with E-state index in [0.29, 0.717) is 0 Å². The number of aliphatic hydroxyl groups excluding tert-OH is 3. The Labute approximate surface area is 139 Å². The smallest absolute Gasteiger partial charge is 0.337 e. The summed E-state index contributed by atoms with van der Waals surface area (Å²) in [5.74, 6) is 0. The Morgan fingerprint density at radius 1 is 0.542 bits per heavy atom. The van der Waals surface area contributed by atoms with Crippen LogP contribution >= 0.6 is 0 Å². The summed E-state index contributed by atoms with van der Waals surface area (Å²) in [5, 5.41) is 29.3. The molecule has 0 saturated heterocycles. The molecule has 0 aliphatic heterocycles. The third-order valence-electron chi connectivity index (χ3n) is 4.55. The van der Waals surface area contributed by atoms with E-state index in [-0.39, 0.29) is 0 Å². The van der Waals surface area contributed by atoms with Crippen molar-refractivity contribution in [3.05, 3.63) is 31.5 Å². The zero-order valence-electron chi connectivity index (χ0n) is 14.9. The van der Waals surface area contributed by atoms with E-state index >= 15 is 0 Å². The molecule has 0 radical (unpaired) electrons. The molecule has 24 heavy (non-hydrogen) atoms. The van der Waals surface area contributed by atoms with Crippen LogP contribution in [0.4, 0.5) is 0 Å². The van der Waals surface area contributed by atoms with Gasteiger partial charge in [-0.25, -0.2) is 28.1 Å². The molecule has 0 saturated carbocycles. The maximum atomic E-state index is 12.7. The van der Waals surface area contributed by atoms with Crippen molar-refractivity contribution in [1.29, 1.82) is 0 Å². The van der Waals surface area contributed by atoms with Crippen LogP contribution in [0.5, 0.6) is 0 Å². The lowest BCUT2D eigenvalue weighted by Crippen LogP contribution is -2.59. The minimum atomic E-state index is -1.02. The van der Waals surface area contributed by atoms with Crippen molar-refractivity contribution in [3.8, 4) is 0 Å². The average Bonchev–Trinajstić information content (AvgIpc) is 2.46. The van der Waals surface area contributed by atoms with Crippen LogP contribution in [-0.2, 0) is 0 Å². The highest BCUT2D eigenvalue weighted by atomic mass is 16.3. The molecule has 0 aliphatic rings. The standard InChI is InChI=1S/C15H27N3O6/c1-7(10(4)19)16-13(22)17(8(2)11(5)20)15(24)18(14(16)23)9(3)12(6)21/h7-12,19-21H,1-6H3. The molecule has 6 unspecified atom stereocenters. The average molecular weight is 345 g/mol. The lowest BCUT2D eigenvalue weighted by molar-refractivity contribution is 0.103. The minimum Gasteiger partial charge on any atom is -0.391 e. The SMILES string of the molecule is CC(O)C(C)n1c(=O)n(C(C)C(C)O)c(=O)n(C(C)C(C)O)c1=O. The largest absolute Gasteiger partial charge is 0.391 e. The minimum absolute atomic E-state index is 0.782. The Bertz CT molecular complexity index is 613. The van der Waals surface area contributed by atoms with Gasteiger partial charge in [-0.15, -0.1) is 0 Å². The fourth-order valence-electron chi connectivity index (χ4n) is 2.29. The highest BCUT2D eigenvalue weighted by Gasteiger charge is 2.28. The summed E-state index contributed by atoms with van der Waals surface area (Å²) in [4.78, 5) is 38.0. The third-order valence-corrected chi connectivity index (χ3v) is 4.55. The van der Waals surface area contributed by atoms with E-state index in [1.807, 2.05) is 0 Å². The lowest BCUT2D eigenvalue weighted by Gasteiger charge is -2.26. The van der Waals surface area contributed by atoms with Gasteiger partial charge in [0.25, 0.3) is 0 Å². The predicted octanol–water partition coefficient (Wildman–Crippen LogP) is -1.00. The van der Waals surface area contributed by atoms with Crippen molar-refractivity contribution >= 4 is 0 Å². The topological polar surface area (TPSA) is 127 Å². The molecule has 1 heterocycles. The van der Waals surface area contributed by atoms with E-state index in [9.17, 15) is 29.7 Å². The van der Waals surface area contributed by atoms with Gasteiger partial charge < -0.3 is 15.3 Å². The van der Waals surface area contributed by atoms with E-state index in [0.717, 1.165) is 13.7 Å². The molecule has 1 aromatic rings. The molecule has 0 spiro atoms. The first-order valence-electron chi connectivity index (χ1n) is 7.97. The summed E-state index contributed by atoms with van der Waals surface area (Å²) in [6.07, 6.45) is -3.05. The second-order valence-corrected chi connectivity index (χ2v) is 6.40. The molecule has 0 fully saturated rings. The second kappa shape index (κ2) is 7.45. The molecule has 0 aromatic carbocycles. The number of aromatic nitrogens is 3. The summed E-state index contributed by atoms with van der Waals surface area (Å²) in [6.45, 7) is 8.71. The molecule has 9 heteroatoms. The molecule has 1 aromatic heterocycles. The fourth-order valence-corrected chi connectivity index (χ4v) is 2.29. The van der Waals surface area contributed by atoms with Gasteiger partial charge in [0.2, 0.25) is 0 Å². The summed E-state index contributed by atoms with van der Waals surface area (Å²) in [7, 11) is 0. The molecule has 0 aliphatic carbocycles. The molecule has 9 nitrogen and oxygen atoms in total. The number of nitrogens with zero attached hydrogens (tertiary/aromatic N) is 3. The molecule has 1 rings (SSSR count). The van der Waals surface area contributed by atoms with Gasteiger partial charge in [-0.3, -0.25) is 0 Å². The second-order valence-electron chi connectivity index (χ2n) is 6.40. The van der Waals surface area contributed by atoms with Crippen LogP contribution in [0.25, 0.3) is 0 Å². The normalized spacial score (nSPS) is 19.4. The summed E-state index contributed by atoms with van der Waals surface area (Å²) in [5.41, 5.74) is -2.71. The van der Waals surface area contributed by atoms with Crippen molar-refractivity contribution in [1.82, 2.24) is 13.7 Å². The lowest BCUT2D eigenvalue weighted by atomic mass is 10.2. The number of hydrogen-bond acceptors (Lipinski definition) is 6. The molecular weight excluding hydrogens is 318 g/mol. The first-order valence-corrected chi connectivity index (χ1v) is 7.97. The predicted molar refractivity (Wildman–Crippen MR) is 88.4 cm³/mol. The first kappa shape index (κ1) is 20.3. The number of hydrogen-bond donors (Lipinski definition) is 3. The van der Waals surface area contributed by atoms with Gasteiger partial charge in [0.15, 0.2) is 0 Å². The van der Waals surface area contributed by atoms with Gasteiger partial charge in [0, 0.05) is 0 Å². The quantitative estimate of drug-likeness (QED) is 0.607. The van der Waals surface area contributed by atoms with Gasteiger partial charge in [-0.2, -0.15) is 0 Å². The maximum Gasteiger partial charge on any atom is 0.337 e. The fraction of sp³-hybridized carbons (Fsp3) is 0.800. The first-order chi connectivity index (χ1) is 10.9. The maximum absolute atomic E-state index is 12.7. The molecular formula is C15H27N3O6. The molecule has 0 amide bonds. The Hall–Kier alpha value is -1.71. The Balaban J connectivity index is 3.97. The van der Waals surface area contributed by atoms with Crippen LogP contribution in [0, 0.1) is 0 Å². The number of rotatable bonds is 6. The summed E-state index contributed by atoms with van der Waals surface area (Å²) < 4.78 is 2.34. The number of aliphatic hydroxyl groups is 3. The van der Waals surface area contributed by atoms with Crippen LogP contribution in [0.1, 0.15) is 59.7 Å². The molecule has 0 bridgehead atoms. The van der Waals surface area contributed by atoms with E-state index < -0.39 is 53.5 Å².